The highest BCUT2D eigenvalue weighted by atomic mass is 16.4. The first-order chi connectivity index (χ1) is 8.09. The third-order valence-electron chi connectivity index (χ3n) is 2.74. The Balaban J connectivity index is 2.52. The molecule has 3 nitrogen and oxygen atoms in total. The second kappa shape index (κ2) is 4.37. The molecule has 0 atom stereocenters. The van der Waals surface area contributed by atoms with Gasteiger partial charge in [-0.25, -0.2) is 9.78 Å². The predicted octanol–water partition coefficient (Wildman–Crippen LogP) is 3.06. The van der Waals surface area contributed by atoms with E-state index in [0.717, 1.165) is 16.7 Å². The molecule has 86 valence electrons. The van der Waals surface area contributed by atoms with Gasteiger partial charge in [-0.2, -0.15) is 0 Å². The van der Waals surface area contributed by atoms with E-state index in [2.05, 4.69) is 4.98 Å². The summed E-state index contributed by atoms with van der Waals surface area (Å²) in [7, 11) is 0. The highest BCUT2D eigenvalue weighted by Crippen LogP contribution is 2.23. The minimum atomic E-state index is -0.987. The molecule has 1 heterocycles. The zero-order valence-electron chi connectivity index (χ0n) is 9.77. The molecule has 1 aromatic carbocycles. The number of nitrogens with zero attached hydrogens (tertiary/aromatic N) is 1. The van der Waals surface area contributed by atoms with Crippen LogP contribution in [0.3, 0.4) is 0 Å². The summed E-state index contributed by atoms with van der Waals surface area (Å²) < 4.78 is 0. The van der Waals surface area contributed by atoms with Gasteiger partial charge in [0.25, 0.3) is 0 Å². The highest BCUT2D eigenvalue weighted by Gasteiger charge is 2.10. The molecule has 0 saturated carbocycles. The second-order valence-corrected chi connectivity index (χ2v) is 4.01. The van der Waals surface area contributed by atoms with E-state index in [1.54, 1.807) is 13.1 Å². The summed E-state index contributed by atoms with van der Waals surface area (Å²) in [6, 6.07) is 9.83. The van der Waals surface area contributed by atoms with E-state index in [-0.39, 0.29) is 5.69 Å². The van der Waals surface area contributed by atoms with Crippen LogP contribution in [0.5, 0.6) is 0 Å². The van der Waals surface area contributed by atoms with E-state index in [4.69, 9.17) is 5.11 Å². The quantitative estimate of drug-likeness (QED) is 0.857. The van der Waals surface area contributed by atoms with Crippen LogP contribution in [0.1, 0.15) is 21.6 Å². The van der Waals surface area contributed by atoms with Crippen molar-refractivity contribution in [2.24, 2.45) is 0 Å². The van der Waals surface area contributed by atoms with E-state index in [0.29, 0.717) is 5.56 Å². The van der Waals surface area contributed by atoms with Crippen LogP contribution in [0.4, 0.5) is 0 Å². The Bertz CT molecular complexity index is 576. The van der Waals surface area contributed by atoms with Crippen molar-refractivity contribution in [3.63, 3.8) is 0 Å². The molecular weight excluding hydrogens is 214 g/mol. The molecule has 0 radical (unpaired) electrons. The molecule has 0 bridgehead atoms. The van der Waals surface area contributed by atoms with Crippen molar-refractivity contribution in [1.29, 1.82) is 0 Å². The smallest absolute Gasteiger partial charge is 0.354 e. The number of pyridine rings is 1. The summed E-state index contributed by atoms with van der Waals surface area (Å²) in [4.78, 5) is 14.9. The SMILES string of the molecule is Cc1ccccc1-c1cnc(C(=O)O)c(C)c1. The molecule has 0 spiro atoms. The topological polar surface area (TPSA) is 50.2 Å². The van der Waals surface area contributed by atoms with Gasteiger partial charge >= 0.3 is 5.97 Å². The Kier molecular flexibility index (Phi) is 2.91. The molecule has 3 heteroatoms. The van der Waals surface area contributed by atoms with Gasteiger partial charge in [-0.1, -0.05) is 24.3 Å². The van der Waals surface area contributed by atoms with Crippen LogP contribution in [0.15, 0.2) is 36.5 Å². The van der Waals surface area contributed by atoms with Crippen molar-refractivity contribution in [3.8, 4) is 11.1 Å². The second-order valence-electron chi connectivity index (χ2n) is 4.01. The lowest BCUT2D eigenvalue weighted by Crippen LogP contribution is -2.03. The predicted molar refractivity (Wildman–Crippen MR) is 66.1 cm³/mol. The molecule has 1 N–H and O–H groups in total. The average molecular weight is 227 g/mol. The standard InChI is InChI=1S/C14H13NO2/c1-9-5-3-4-6-12(9)11-7-10(2)13(14(16)17)15-8-11/h3-8H,1-2H3,(H,16,17). The molecule has 2 rings (SSSR count). The number of carboxylic acid groups (broad SMARTS) is 1. The summed E-state index contributed by atoms with van der Waals surface area (Å²) in [5.41, 5.74) is 3.98. The van der Waals surface area contributed by atoms with E-state index in [1.165, 1.54) is 0 Å². The summed E-state index contributed by atoms with van der Waals surface area (Å²) in [6.07, 6.45) is 1.61. The summed E-state index contributed by atoms with van der Waals surface area (Å²) in [5, 5.41) is 8.92. The maximum Gasteiger partial charge on any atom is 0.354 e. The molecular formula is C14H13NO2. The van der Waals surface area contributed by atoms with Gasteiger partial charge in [0.15, 0.2) is 5.69 Å². The van der Waals surface area contributed by atoms with Crippen LogP contribution in [-0.4, -0.2) is 16.1 Å². The Labute approximate surface area is 99.8 Å². The van der Waals surface area contributed by atoms with Gasteiger partial charge in [0.1, 0.15) is 0 Å². The van der Waals surface area contributed by atoms with E-state index in [1.807, 2.05) is 37.3 Å². The zero-order chi connectivity index (χ0) is 12.4. The fourth-order valence-electron chi connectivity index (χ4n) is 1.84. The molecule has 2 aromatic rings. The lowest BCUT2D eigenvalue weighted by molar-refractivity contribution is 0.0689. The monoisotopic (exact) mass is 227 g/mol. The van der Waals surface area contributed by atoms with Gasteiger partial charge in [0.05, 0.1) is 0 Å². The third kappa shape index (κ3) is 2.18. The molecule has 0 aliphatic rings. The van der Waals surface area contributed by atoms with Crippen molar-refractivity contribution < 1.29 is 9.90 Å². The third-order valence-corrected chi connectivity index (χ3v) is 2.74. The maximum atomic E-state index is 10.9. The van der Waals surface area contributed by atoms with E-state index >= 15 is 0 Å². The van der Waals surface area contributed by atoms with E-state index in [9.17, 15) is 4.79 Å². The molecule has 0 fully saturated rings. The fourth-order valence-corrected chi connectivity index (χ4v) is 1.84. The zero-order valence-corrected chi connectivity index (χ0v) is 9.77. The Morgan fingerprint density at radius 2 is 1.88 bits per heavy atom. The molecule has 0 saturated heterocycles. The largest absolute Gasteiger partial charge is 0.477 e. The van der Waals surface area contributed by atoms with Gasteiger partial charge < -0.3 is 5.11 Å². The maximum absolute atomic E-state index is 10.9. The molecule has 1 aromatic heterocycles. The van der Waals surface area contributed by atoms with Crippen molar-refractivity contribution in [2.45, 2.75) is 13.8 Å². The Hall–Kier alpha value is -2.16. The first kappa shape index (κ1) is 11.3. The minimum absolute atomic E-state index is 0.113. The van der Waals surface area contributed by atoms with Gasteiger partial charge in [0.2, 0.25) is 0 Å². The van der Waals surface area contributed by atoms with Crippen LogP contribution >= 0.6 is 0 Å². The van der Waals surface area contributed by atoms with Crippen LogP contribution < -0.4 is 0 Å². The van der Waals surface area contributed by atoms with E-state index < -0.39 is 5.97 Å². The van der Waals surface area contributed by atoms with Crippen molar-refractivity contribution >= 4 is 5.97 Å². The number of carbonyl (C=O) groups is 1. The number of benzene rings is 1. The van der Waals surface area contributed by atoms with Crippen molar-refractivity contribution in [1.82, 2.24) is 4.98 Å². The van der Waals surface area contributed by atoms with Crippen molar-refractivity contribution in [3.05, 3.63) is 53.3 Å². The minimum Gasteiger partial charge on any atom is -0.477 e. The molecule has 17 heavy (non-hydrogen) atoms. The van der Waals surface area contributed by atoms with Crippen LogP contribution in [0.25, 0.3) is 11.1 Å². The van der Waals surface area contributed by atoms with Crippen LogP contribution in [0, 0.1) is 13.8 Å². The fraction of sp³-hybridized carbons (Fsp3) is 0.143. The molecule has 0 aliphatic carbocycles. The van der Waals surface area contributed by atoms with Crippen LogP contribution in [0.2, 0.25) is 0 Å². The molecule has 0 amide bonds. The van der Waals surface area contributed by atoms with Gasteiger partial charge in [0, 0.05) is 11.8 Å². The number of hydrogen-bond acceptors (Lipinski definition) is 2. The van der Waals surface area contributed by atoms with Gasteiger partial charge in [-0.15, -0.1) is 0 Å². The lowest BCUT2D eigenvalue weighted by atomic mass is 10.0. The number of hydrogen-bond donors (Lipinski definition) is 1. The lowest BCUT2D eigenvalue weighted by Gasteiger charge is -2.07. The normalized spacial score (nSPS) is 10.2. The highest BCUT2D eigenvalue weighted by molar-refractivity contribution is 5.87. The number of aryl methyl sites for hydroxylation is 2. The number of rotatable bonds is 2. The van der Waals surface area contributed by atoms with Gasteiger partial charge in [-0.3, -0.25) is 0 Å². The van der Waals surface area contributed by atoms with Crippen LogP contribution in [-0.2, 0) is 0 Å². The Morgan fingerprint density at radius 1 is 1.18 bits per heavy atom. The average Bonchev–Trinajstić information content (AvgIpc) is 2.29. The summed E-state index contributed by atoms with van der Waals surface area (Å²) in [6.45, 7) is 3.79. The first-order valence-electron chi connectivity index (χ1n) is 5.35. The molecule has 0 unspecified atom stereocenters. The molecule has 0 aliphatic heterocycles. The summed E-state index contributed by atoms with van der Waals surface area (Å²) >= 11 is 0. The number of aromatic nitrogens is 1. The Morgan fingerprint density at radius 3 is 2.47 bits per heavy atom. The summed E-state index contributed by atoms with van der Waals surface area (Å²) in [5.74, 6) is -0.987. The number of carboxylic acids is 1. The van der Waals surface area contributed by atoms with Crippen molar-refractivity contribution in [2.75, 3.05) is 0 Å². The van der Waals surface area contributed by atoms with Gasteiger partial charge in [-0.05, 0) is 36.6 Å². The first-order valence-corrected chi connectivity index (χ1v) is 5.35. The number of aromatic carboxylic acids is 1.